The molecular formula is C12H12IN3O. The Bertz CT molecular complexity index is 487. The molecule has 0 spiro atoms. The minimum absolute atomic E-state index is 0.506. The largest absolute Gasteiger partial charge is 0.437 e. The molecule has 0 saturated heterocycles. The summed E-state index contributed by atoms with van der Waals surface area (Å²) in [7, 11) is 1.87. The first-order valence-corrected chi connectivity index (χ1v) is 6.25. The van der Waals surface area contributed by atoms with Gasteiger partial charge in [-0.3, -0.25) is 4.98 Å². The van der Waals surface area contributed by atoms with Crippen molar-refractivity contribution in [2.45, 2.75) is 6.54 Å². The minimum Gasteiger partial charge on any atom is -0.437 e. The smallest absolute Gasteiger partial charge is 0.237 e. The Morgan fingerprint density at radius 2 is 2.18 bits per heavy atom. The number of hydrogen-bond donors (Lipinski definition) is 1. The predicted octanol–water partition coefficient (Wildman–Crippen LogP) is 2.59. The van der Waals surface area contributed by atoms with Gasteiger partial charge < -0.3 is 10.1 Å². The van der Waals surface area contributed by atoms with E-state index in [2.05, 4.69) is 37.9 Å². The lowest BCUT2D eigenvalue weighted by Crippen LogP contribution is -2.07. The molecule has 0 radical (unpaired) electrons. The fraction of sp³-hybridized carbons (Fsp3) is 0.167. The summed E-state index contributed by atoms with van der Waals surface area (Å²) in [6.07, 6.45) is 3.34. The van der Waals surface area contributed by atoms with Gasteiger partial charge in [-0.15, -0.1) is 0 Å². The van der Waals surface area contributed by atoms with Crippen molar-refractivity contribution in [3.63, 3.8) is 0 Å². The van der Waals surface area contributed by atoms with Crippen LogP contribution in [0.3, 0.4) is 0 Å². The quantitative estimate of drug-likeness (QED) is 0.869. The van der Waals surface area contributed by atoms with Crippen LogP contribution < -0.4 is 10.1 Å². The third kappa shape index (κ3) is 3.64. The van der Waals surface area contributed by atoms with E-state index in [1.54, 1.807) is 12.4 Å². The number of halogens is 1. The van der Waals surface area contributed by atoms with Crippen LogP contribution in [-0.4, -0.2) is 17.0 Å². The van der Waals surface area contributed by atoms with Crippen molar-refractivity contribution in [3.8, 4) is 11.6 Å². The van der Waals surface area contributed by atoms with E-state index < -0.39 is 0 Å². The van der Waals surface area contributed by atoms with Crippen molar-refractivity contribution in [3.05, 3.63) is 45.9 Å². The molecule has 2 rings (SSSR count). The van der Waals surface area contributed by atoms with Gasteiger partial charge in [0.2, 0.25) is 5.88 Å². The monoisotopic (exact) mass is 341 g/mol. The van der Waals surface area contributed by atoms with Gasteiger partial charge in [-0.05, 0) is 47.8 Å². The average Bonchev–Trinajstić information content (AvgIpc) is 2.32. The molecule has 2 aromatic rings. The molecule has 17 heavy (non-hydrogen) atoms. The summed E-state index contributed by atoms with van der Waals surface area (Å²) in [5.74, 6) is 1.28. The van der Waals surface area contributed by atoms with E-state index in [1.807, 2.05) is 31.3 Å². The van der Waals surface area contributed by atoms with Gasteiger partial charge in [0.1, 0.15) is 5.75 Å². The van der Waals surface area contributed by atoms with Crippen molar-refractivity contribution >= 4 is 22.6 Å². The Kier molecular flexibility index (Phi) is 4.27. The zero-order chi connectivity index (χ0) is 12.1. The van der Waals surface area contributed by atoms with Crippen LogP contribution in [0, 0.1) is 3.57 Å². The number of benzene rings is 1. The van der Waals surface area contributed by atoms with E-state index in [1.165, 1.54) is 0 Å². The van der Waals surface area contributed by atoms with Crippen LogP contribution in [0.25, 0.3) is 0 Å². The zero-order valence-corrected chi connectivity index (χ0v) is 11.5. The molecule has 4 nitrogen and oxygen atoms in total. The molecule has 0 bridgehead atoms. The fourth-order valence-corrected chi connectivity index (χ4v) is 1.83. The predicted molar refractivity (Wildman–Crippen MR) is 74.0 cm³/mol. The third-order valence-corrected chi connectivity index (χ3v) is 2.73. The highest BCUT2D eigenvalue weighted by molar-refractivity contribution is 14.1. The molecule has 88 valence electrons. The highest BCUT2D eigenvalue weighted by Gasteiger charge is 2.00. The molecule has 0 fully saturated rings. The van der Waals surface area contributed by atoms with E-state index >= 15 is 0 Å². The topological polar surface area (TPSA) is 47.0 Å². The maximum Gasteiger partial charge on any atom is 0.237 e. The molecule has 1 heterocycles. The van der Waals surface area contributed by atoms with E-state index in [0.717, 1.165) is 15.0 Å². The second kappa shape index (κ2) is 5.92. The summed E-state index contributed by atoms with van der Waals surface area (Å²) in [5, 5.41) is 3.02. The first-order valence-electron chi connectivity index (χ1n) is 5.17. The van der Waals surface area contributed by atoms with Gasteiger partial charge >= 0.3 is 0 Å². The lowest BCUT2D eigenvalue weighted by Gasteiger charge is -2.05. The van der Waals surface area contributed by atoms with Crippen molar-refractivity contribution < 1.29 is 4.74 Å². The van der Waals surface area contributed by atoms with E-state index in [0.29, 0.717) is 12.4 Å². The molecule has 1 N–H and O–H groups in total. The molecule has 0 saturated carbocycles. The van der Waals surface area contributed by atoms with E-state index in [9.17, 15) is 0 Å². The highest BCUT2D eigenvalue weighted by atomic mass is 127. The van der Waals surface area contributed by atoms with Gasteiger partial charge in [0.05, 0.1) is 18.1 Å². The molecule has 0 amide bonds. The maximum absolute atomic E-state index is 5.59. The maximum atomic E-state index is 5.59. The Morgan fingerprint density at radius 3 is 2.82 bits per heavy atom. The normalized spacial score (nSPS) is 10.2. The van der Waals surface area contributed by atoms with Crippen molar-refractivity contribution in [1.29, 1.82) is 0 Å². The number of aromatic nitrogens is 2. The number of ether oxygens (including phenoxy) is 1. The standard InChI is InChI=1S/C12H12IN3O/c1-14-6-10-7-16-12(8-15-10)17-11-4-2-3-9(13)5-11/h2-5,7-8,14H,6H2,1H3. The number of hydrogen-bond acceptors (Lipinski definition) is 4. The summed E-state index contributed by atoms with van der Waals surface area (Å²) in [6.45, 7) is 0.705. The van der Waals surface area contributed by atoms with E-state index in [-0.39, 0.29) is 0 Å². The van der Waals surface area contributed by atoms with Gasteiger partial charge in [0.25, 0.3) is 0 Å². The summed E-state index contributed by atoms with van der Waals surface area (Å²) < 4.78 is 6.72. The molecule has 0 atom stereocenters. The van der Waals surface area contributed by atoms with Crippen LogP contribution >= 0.6 is 22.6 Å². The molecule has 5 heteroatoms. The van der Waals surface area contributed by atoms with Gasteiger partial charge in [0.15, 0.2) is 0 Å². The van der Waals surface area contributed by atoms with Crippen molar-refractivity contribution in [2.75, 3.05) is 7.05 Å². The number of rotatable bonds is 4. The van der Waals surface area contributed by atoms with Crippen LogP contribution in [0.1, 0.15) is 5.69 Å². The Morgan fingerprint density at radius 1 is 1.29 bits per heavy atom. The zero-order valence-electron chi connectivity index (χ0n) is 9.35. The molecule has 1 aromatic carbocycles. The van der Waals surface area contributed by atoms with Crippen LogP contribution in [-0.2, 0) is 6.54 Å². The van der Waals surface area contributed by atoms with Crippen LogP contribution in [0.5, 0.6) is 11.6 Å². The summed E-state index contributed by atoms with van der Waals surface area (Å²) in [5.41, 5.74) is 0.891. The van der Waals surface area contributed by atoms with Gasteiger partial charge in [-0.1, -0.05) is 6.07 Å². The molecular weight excluding hydrogens is 329 g/mol. The van der Waals surface area contributed by atoms with Gasteiger partial charge in [-0.2, -0.15) is 0 Å². The molecule has 0 unspecified atom stereocenters. The van der Waals surface area contributed by atoms with Crippen LogP contribution in [0.15, 0.2) is 36.7 Å². The second-order valence-electron chi connectivity index (χ2n) is 3.44. The molecule has 1 aromatic heterocycles. The number of nitrogens with zero attached hydrogens (tertiary/aromatic N) is 2. The Balaban J connectivity index is 2.08. The molecule has 0 aliphatic heterocycles. The van der Waals surface area contributed by atoms with Crippen LogP contribution in [0.4, 0.5) is 0 Å². The van der Waals surface area contributed by atoms with E-state index in [4.69, 9.17) is 4.74 Å². The Labute approximate surface area is 114 Å². The minimum atomic E-state index is 0.506. The first-order chi connectivity index (χ1) is 8.28. The Hall–Kier alpha value is -1.21. The first kappa shape index (κ1) is 12.3. The van der Waals surface area contributed by atoms with Gasteiger partial charge in [0, 0.05) is 10.1 Å². The average molecular weight is 341 g/mol. The second-order valence-corrected chi connectivity index (χ2v) is 4.68. The van der Waals surface area contributed by atoms with Crippen LogP contribution in [0.2, 0.25) is 0 Å². The van der Waals surface area contributed by atoms with Crippen molar-refractivity contribution in [2.24, 2.45) is 0 Å². The molecule has 0 aliphatic carbocycles. The fourth-order valence-electron chi connectivity index (χ4n) is 1.32. The van der Waals surface area contributed by atoms with Gasteiger partial charge in [-0.25, -0.2) is 4.98 Å². The van der Waals surface area contributed by atoms with Crippen molar-refractivity contribution in [1.82, 2.24) is 15.3 Å². The summed E-state index contributed by atoms with van der Waals surface area (Å²) in [6, 6.07) is 7.80. The highest BCUT2D eigenvalue weighted by Crippen LogP contribution is 2.20. The molecule has 0 aliphatic rings. The lowest BCUT2D eigenvalue weighted by molar-refractivity contribution is 0.458. The SMILES string of the molecule is CNCc1cnc(Oc2cccc(I)c2)cn1. The summed E-state index contributed by atoms with van der Waals surface area (Å²) >= 11 is 2.24. The number of nitrogens with one attached hydrogen (secondary N) is 1. The third-order valence-electron chi connectivity index (χ3n) is 2.06. The lowest BCUT2D eigenvalue weighted by atomic mass is 10.3. The summed E-state index contributed by atoms with van der Waals surface area (Å²) in [4.78, 5) is 8.43.